The number of aromatic hydroxyl groups is 2. The molecule has 0 radical (unpaired) electrons. The second-order valence-electron chi connectivity index (χ2n) is 6.40. The molecule has 1 heterocycles. The minimum absolute atomic E-state index is 0. The first-order chi connectivity index (χ1) is 14.7. The monoisotopic (exact) mass is 499 g/mol. The zero-order valence-corrected chi connectivity index (χ0v) is 20.3. The molecule has 5 rings (SSSR count). The first-order valence-corrected chi connectivity index (χ1v) is 10.3. The van der Waals surface area contributed by atoms with Crippen LogP contribution in [0.25, 0.3) is 21.5 Å². The summed E-state index contributed by atoms with van der Waals surface area (Å²) in [4.78, 5) is 4.04. The maximum absolute atomic E-state index is 9.37. The maximum atomic E-state index is 9.37. The Balaban J connectivity index is 0.000000236. The third-order valence-electron chi connectivity index (χ3n) is 4.37. The van der Waals surface area contributed by atoms with Crippen molar-refractivity contribution in [2.75, 3.05) is 0 Å². The Kier molecular flexibility index (Phi) is 12.3. The summed E-state index contributed by atoms with van der Waals surface area (Å²) < 4.78 is 1.97. The molecule has 0 aliphatic heterocycles. The summed E-state index contributed by atoms with van der Waals surface area (Å²) >= 11 is 1.97. The van der Waals surface area contributed by atoms with Crippen LogP contribution in [0.2, 0.25) is 0 Å². The molecule has 1 aromatic heterocycles. The molecule has 5 aromatic rings. The van der Waals surface area contributed by atoms with Gasteiger partial charge in [0, 0.05) is 10.8 Å². The van der Waals surface area contributed by atoms with Gasteiger partial charge in [-0.3, -0.25) is 0 Å². The topological polar surface area (TPSA) is 53.4 Å². The van der Waals surface area contributed by atoms with Crippen LogP contribution < -0.4 is 0 Å². The quantitative estimate of drug-likeness (QED) is 0.252. The predicted octanol–water partition coefficient (Wildman–Crippen LogP) is 6.71. The van der Waals surface area contributed by atoms with E-state index in [0.29, 0.717) is 11.5 Å². The fourth-order valence-electron chi connectivity index (χ4n) is 2.88. The number of hydrogen-bond donors (Lipinski definition) is 2. The molecule has 0 unspecified atom stereocenters. The molecule has 0 aliphatic carbocycles. The molecule has 0 aliphatic rings. The molecule has 4 aromatic carbocycles. The molecule has 0 saturated heterocycles. The van der Waals surface area contributed by atoms with E-state index in [2.05, 4.69) is 4.98 Å². The van der Waals surface area contributed by atoms with Gasteiger partial charge < -0.3 is 10.2 Å². The van der Waals surface area contributed by atoms with E-state index in [1.54, 1.807) is 18.3 Å². The first-order valence-electron chi connectivity index (χ1n) is 9.44. The van der Waals surface area contributed by atoms with Crippen LogP contribution in [0.5, 0.6) is 11.5 Å². The van der Waals surface area contributed by atoms with Gasteiger partial charge in [-0.25, -0.2) is 0 Å². The summed E-state index contributed by atoms with van der Waals surface area (Å²) in [5, 5.41) is 22.7. The van der Waals surface area contributed by atoms with Gasteiger partial charge in [0.05, 0.1) is 0 Å². The molecule has 0 spiro atoms. The zero-order valence-electron chi connectivity index (χ0n) is 17.1. The Bertz CT molecular complexity index is 1160. The van der Waals surface area contributed by atoms with Gasteiger partial charge in [0.1, 0.15) is 11.5 Å². The van der Waals surface area contributed by atoms with E-state index in [1.165, 1.54) is 0 Å². The molecule has 6 heteroatoms. The van der Waals surface area contributed by atoms with Crippen molar-refractivity contribution in [3.63, 3.8) is 0 Å². The number of hydrogen-bond acceptors (Lipinski definition) is 3. The van der Waals surface area contributed by atoms with Gasteiger partial charge in [-0.1, -0.05) is 72.8 Å². The number of fused-ring (bicyclic) bond motifs is 2. The van der Waals surface area contributed by atoms with E-state index in [9.17, 15) is 10.2 Å². The van der Waals surface area contributed by atoms with Crippen molar-refractivity contribution in [1.29, 1.82) is 0 Å². The van der Waals surface area contributed by atoms with Gasteiger partial charge in [-0.15, -0.1) is 24.8 Å². The normalized spacial score (nSPS) is 9.09. The Morgan fingerprint density at radius 2 is 1.00 bits per heavy atom. The van der Waals surface area contributed by atoms with Crippen LogP contribution in [0.15, 0.2) is 109 Å². The zero-order chi connectivity index (χ0) is 21.2. The minimum atomic E-state index is 0. The number of aromatic nitrogens is 1. The van der Waals surface area contributed by atoms with E-state index >= 15 is 0 Å². The molecule has 32 heavy (non-hydrogen) atoms. The van der Waals surface area contributed by atoms with Crippen LogP contribution in [-0.4, -0.2) is 19.5 Å². The van der Waals surface area contributed by atoms with Crippen LogP contribution in [0, 0.1) is 0 Å². The molecular weight excluding hydrogens is 477 g/mol. The van der Waals surface area contributed by atoms with Gasteiger partial charge in [-0.2, -0.15) is 0 Å². The second kappa shape index (κ2) is 14.4. The van der Waals surface area contributed by atoms with Crippen LogP contribution in [-0.2, 0) is 20.0 Å². The third kappa shape index (κ3) is 7.78. The van der Waals surface area contributed by atoms with Crippen LogP contribution in [0.3, 0.4) is 0 Å². The summed E-state index contributed by atoms with van der Waals surface area (Å²) in [5.41, 5.74) is 1.03. The molecule has 0 atom stereocenters. The van der Waals surface area contributed by atoms with Crippen LogP contribution in [0.1, 0.15) is 5.69 Å². The van der Waals surface area contributed by atoms with Crippen molar-refractivity contribution in [1.82, 2.24) is 4.98 Å². The Labute approximate surface area is 211 Å². The molecule has 3 nitrogen and oxygen atoms in total. The SMILES string of the molecule is Cl.Cl.Oc1cccc2ccccc12.Oc1cccc2ccccc12.[Ti]=[CH]c1ccccn1. The van der Waals surface area contributed by atoms with E-state index in [0.717, 1.165) is 27.2 Å². The second-order valence-corrected chi connectivity index (χ2v) is 6.85. The van der Waals surface area contributed by atoms with Crippen molar-refractivity contribution in [3.05, 3.63) is 115 Å². The Hall–Kier alpha value is -2.69. The summed E-state index contributed by atoms with van der Waals surface area (Å²) in [6.45, 7) is 0. The number of benzene rings is 4. The van der Waals surface area contributed by atoms with E-state index < -0.39 is 0 Å². The van der Waals surface area contributed by atoms with Crippen molar-refractivity contribution in [2.24, 2.45) is 0 Å². The Morgan fingerprint density at radius 3 is 1.38 bits per heavy atom. The van der Waals surface area contributed by atoms with E-state index in [4.69, 9.17) is 0 Å². The van der Waals surface area contributed by atoms with Crippen molar-refractivity contribution in [2.45, 2.75) is 0 Å². The molecule has 0 saturated carbocycles. The number of rotatable bonds is 1. The van der Waals surface area contributed by atoms with Gasteiger partial charge in [-0.05, 0) is 22.9 Å². The summed E-state index contributed by atoms with van der Waals surface area (Å²) in [6, 6.07) is 32.4. The van der Waals surface area contributed by atoms with Crippen molar-refractivity contribution < 1.29 is 30.2 Å². The third-order valence-corrected chi connectivity index (χ3v) is 4.83. The predicted molar refractivity (Wildman–Crippen MR) is 135 cm³/mol. The molecule has 0 fully saturated rings. The number of phenols is 2. The van der Waals surface area contributed by atoms with Crippen molar-refractivity contribution >= 4 is 50.7 Å². The number of halogens is 2. The Morgan fingerprint density at radius 1 is 0.562 bits per heavy atom. The number of phenolic OH excluding ortho intramolecular Hbond substituents is 2. The van der Waals surface area contributed by atoms with Gasteiger partial charge >= 0.3 is 59.4 Å². The fraction of sp³-hybridized carbons (Fsp3) is 0. The van der Waals surface area contributed by atoms with Gasteiger partial charge in [0.25, 0.3) is 0 Å². The molecule has 0 bridgehead atoms. The molecule has 0 amide bonds. The first kappa shape index (κ1) is 27.3. The van der Waals surface area contributed by atoms with Crippen LogP contribution in [0.4, 0.5) is 0 Å². The number of nitrogens with zero attached hydrogens (tertiary/aromatic N) is 1. The molecule has 2 N–H and O–H groups in total. The van der Waals surface area contributed by atoms with E-state index in [-0.39, 0.29) is 24.8 Å². The van der Waals surface area contributed by atoms with Crippen LogP contribution >= 0.6 is 24.8 Å². The number of pyridine rings is 1. The van der Waals surface area contributed by atoms with Crippen molar-refractivity contribution in [3.8, 4) is 11.5 Å². The summed E-state index contributed by atoms with van der Waals surface area (Å²) in [5.74, 6) is 0.700. The summed E-state index contributed by atoms with van der Waals surface area (Å²) in [7, 11) is 0. The van der Waals surface area contributed by atoms with E-state index in [1.807, 2.05) is 115 Å². The summed E-state index contributed by atoms with van der Waals surface area (Å²) in [6.07, 6.45) is 1.79. The molecule has 162 valence electrons. The fourth-order valence-corrected chi connectivity index (χ4v) is 3.14. The van der Waals surface area contributed by atoms with Gasteiger partial charge in [0.15, 0.2) is 0 Å². The average molecular weight is 500 g/mol. The average Bonchev–Trinajstić information content (AvgIpc) is 2.81. The standard InChI is InChI=1S/2C10H8O.C6H5N.2ClH.Ti/c2*11-10-7-3-5-8-4-1-2-6-9(8)10;1-6-4-2-3-5-7-6;;;/h2*1-7,11H;1-5H;2*1H;. The van der Waals surface area contributed by atoms with Gasteiger partial charge in [0.2, 0.25) is 0 Å². The molecular formula is C26H23Cl2NO2Ti.